The first kappa shape index (κ1) is 21.9. The Morgan fingerprint density at radius 3 is 2.59 bits per heavy atom. The van der Waals surface area contributed by atoms with E-state index in [0.29, 0.717) is 4.16 Å². The normalized spacial score (nSPS) is 18.3. The average Bonchev–Trinajstić information content (AvgIpc) is 3.23. The largest absolute Gasteiger partial charge is 1.00 e. The van der Waals surface area contributed by atoms with Gasteiger partial charge in [-0.05, 0) is 0 Å². The molecule has 3 aliphatic rings. The van der Waals surface area contributed by atoms with Gasteiger partial charge in [-0.25, -0.2) is 0 Å². The van der Waals surface area contributed by atoms with Crippen LogP contribution in [-0.4, -0.2) is 4.16 Å². The number of hydrogen-bond donors (Lipinski definition) is 0. The number of alkyl halides is 1. The van der Waals surface area contributed by atoms with E-state index in [1.165, 1.54) is 44.9 Å². The van der Waals surface area contributed by atoms with Crippen LogP contribution in [0.1, 0.15) is 18.1 Å². The van der Waals surface area contributed by atoms with Crippen LogP contribution in [0.15, 0.2) is 73.9 Å². The molecule has 27 heavy (non-hydrogen) atoms. The smallest absolute Gasteiger partial charge is 1.00 e. The molecule has 0 nitrogen and oxygen atoms in total. The molecule has 1 unspecified atom stereocenters. The van der Waals surface area contributed by atoms with Crippen molar-refractivity contribution in [2.45, 2.75) is 17.5 Å². The van der Waals surface area contributed by atoms with E-state index in [1.54, 1.807) is 0 Å². The molecule has 1 heterocycles. The summed E-state index contributed by atoms with van der Waals surface area (Å²) >= 11 is 3.51. The van der Waals surface area contributed by atoms with Crippen molar-refractivity contribution in [3.8, 4) is 11.1 Å². The summed E-state index contributed by atoms with van der Waals surface area (Å²) in [6.45, 7) is 2.18. The number of benzene rings is 2. The average molecular weight is 574 g/mol. The third kappa shape index (κ3) is 3.60. The summed E-state index contributed by atoms with van der Waals surface area (Å²) in [5.41, 5.74) is 8.54. The van der Waals surface area contributed by atoms with Gasteiger partial charge in [0.25, 0.3) is 0 Å². The first-order valence-corrected chi connectivity index (χ1v) is 16.0. The molecule has 0 saturated carbocycles. The fourth-order valence-corrected chi connectivity index (χ4v) is 16.5. The number of allylic oxidation sites excluding steroid dienone is 4. The fourth-order valence-electron chi connectivity index (χ4n) is 3.97. The van der Waals surface area contributed by atoms with Crippen molar-refractivity contribution in [3.05, 3.63) is 85.1 Å². The zero-order chi connectivity index (χ0) is 17.1. The maximum atomic E-state index is 6.29. The van der Waals surface area contributed by atoms with Gasteiger partial charge >= 0.3 is 173 Å². The predicted octanol–water partition coefficient (Wildman–Crippen LogP) is 0.188. The second-order valence-electron chi connectivity index (χ2n) is 6.65. The molecule has 0 N–H and O–H groups in total. The Morgan fingerprint density at radius 2 is 1.78 bits per heavy atom. The van der Waals surface area contributed by atoms with Crippen LogP contribution < -0.4 is 28.1 Å². The van der Waals surface area contributed by atoms with Crippen LogP contribution in [0.25, 0.3) is 11.1 Å². The minimum absolute atomic E-state index is 0. The molecule has 6 heteroatoms. The number of rotatable bonds is 2. The van der Waals surface area contributed by atoms with E-state index in [0.717, 1.165) is 6.42 Å². The maximum absolute atomic E-state index is 6.29. The Labute approximate surface area is 196 Å². The van der Waals surface area contributed by atoms with E-state index < -0.39 is 19.7 Å². The molecule has 0 saturated heterocycles. The van der Waals surface area contributed by atoms with Crippen molar-refractivity contribution < 1.29 is 44.5 Å². The Morgan fingerprint density at radius 1 is 1.04 bits per heavy atom. The Kier molecular flexibility index (Phi) is 6.89. The van der Waals surface area contributed by atoms with Gasteiger partial charge in [0.2, 0.25) is 0 Å². The third-order valence-corrected chi connectivity index (χ3v) is 16.2. The molecule has 2 aromatic carbocycles. The van der Waals surface area contributed by atoms with Crippen LogP contribution in [0.4, 0.5) is 0 Å². The second-order valence-corrected chi connectivity index (χ2v) is 16.0. The Balaban J connectivity index is 0.00000105. The van der Waals surface area contributed by atoms with Crippen molar-refractivity contribution in [3.63, 3.8) is 0 Å². The number of thioether (sulfide) groups is 1. The van der Waals surface area contributed by atoms with Crippen LogP contribution in [0.3, 0.4) is 0 Å². The molecule has 0 amide bonds. The zero-order valence-corrected chi connectivity index (χ0v) is 21.6. The van der Waals surface area contributed by atoms with E-state index in [9.17, 15) is 0 Å². The molecule has 0 aromatic heterocycles. The van der Waals surface area contributed by atoms with Crippen molar-refractivity contribution in [1.29, 1.82) is 0 Å². The molecule has 0 spiro atoms. The topological polar surface area (TPSA) is 0 Å². The summed E-state index contributed by atoms with van der Waals surface area (Å²) in [5.74, 6) is 0. The summed E-state index contributed by atoms with van der Waals surface area (Å²) in [6.07, 6.45) is 5.69. The zero-order valence-electron chi connectivity index (χ0n) is 14.4. The monoisotopic (exact) mass is 570 g/mol. The molecular formula is C21H15BrCl2S2Zr. The molecule has 0 bridgehead atoms. The van der Waals surface area contributed by atoms with Crippen LogP contribution in [0, 0.1) is 0 Å². The molecule has 136 valence electrons. The molecule has 2 aliphatic carbocycles. The number of halogens is 3. The second kappa shape index (κ2) is 8.50. The van der Waals surface area contributed by atoms with Crippen LogP contribution in [0.5, 0.6) is 0 Å². The quantitative estimate of drug-likeness (QED) is 0.402. The van der Waals surface area contributed by atoms with Crippen LogP contribution in [0.2, 0.25) is 0 Å². The van der Waals surface area contributed by atoms with Gasteiger partial charge in [0, 0.05) is 0 Å². The van der Waals surface area contributed by atoms with E-state index >= 15 is 0 Å². The molecule has 1 atom stereocenters. The fraction of sp³-hybridized carbons (Fsp3) is 0.143. The number of hydrogen-bond acceptors (Lipinski definition) is 2. The van der Waals surface area contributed by atoms with E-state index in [-0.39, 0.29) is 24.8 Å². The van der Waals surface area contributed by atoms with Gasteiger partial charge in [0.05, 0.1) is 0 Å². The van der Waals surface area contributed by atoms with Gasteiger partial charge in [0.15, 0.2) is 0 Å². The van der Waals surface area contributed by atoms with Gasteiger partial charge in [-0.3, -0.25) is 0 Å². The predicted molar refractivity (Wildman–Crippen MR) is 111 cm³/mol. The van der Waals surface area contributed by atoms with Gasteiger partial charge < -0.3 is 24.8 Å². The van der Waals surface area contributed by atoms with Crippen molar-refractivity contribution in [2.75, 3.05) is 0 Å². The van der Waals surface area contributed by atoms with Gasteiger partial charge in [-0.1, -0.05) is 0 Å². The van der Waals surface area contributed by atoms with E-state index in [2.05, 4.69) is 77.5 Å². The summed E-state index contributed by atoms with van der Waals surface area (Å²) in [7, 11) is 6.29. The van der Waals surface area contributed by atoms with Crippen molar-refractivity contribution in [1.82, 2.24) is 0 Å². The molecule has 2 aromatic rings. The third-order valence-electron chi connectivity index (χ3n) is 5.08. The standard InChI is InChI=1S/C13H9.C8H6BrS.2ClH.S.Zr/c1-3-7-12-10(5-1)9-11-6-2-4-8-13(11)12;1-5-2-6-4-8(9)10-7(6)3-5;;;;/h1-5,7-8H,9H2;2-3,8H,1H3;2*1H;;/q;;;;;+2/p-2. The minimum atomic E-state index is -2.32. The van der Waals surface area contributed by atoms with Crippen LogP contribution >= 0.6 is 36.5 Å². The van der Waals surface area contributed by atoms with Crippen molar-refractivity contribution in [2.24, 2.45) is 0 Å². The van der Waals surface area contributed by atoms with Crippen LogP contribution in [-0.2, 0) is 26.1 Å². The van der Waals surface area contributed by atoms with E-state index in [1.807, 2.05) is 11.8 Å². The molecule has 5 rings (SSSR count). The maximum Gasteiger partial charge on any atom is -1.00 e. The Hall–Kier alpha value is 0.173. The Bertz CT molecular complexity index is 1060. The van der Waals surface area contributed by atoms with Gasteiger partial charge in [-0.15, -0.1) is 0 Å². The van der Waals surface area contributed by atoms with Gasteiger partial charge in [0.1, 0.15) is 0 Å². The molecule has 1 aliphatic heterocycles. The van der Waals surface area contributed by atoms with Crippen molar-refractivity contribution >= 4 is 39.8 Å². The number of fused-ring (bicyclic) bond motifs is 4. The molecular weight excluding hydrogens is 558 g/mol. The first-order valence-electron chi connectivity index (χ1n) is 8.33. The minimum Gasteiger partial charge on any atom is -1.00 e. The molecule has 0 fully saturated rings. The SMILES string of the molecule is CC1=CC2=[C]([Zr+2](=[S])[c]3cccc4c3Cc3ccccc3-4)C(Br)SC2=C1.[Cl-].[Cl-]. The summed E-state index contributed by atoms with van der Waals surface area (Å²) in [6, 6.07) is 15.6. The van der Waals surface area contributed by atoms with Gasteiger partial charge in [-0.2, -0.15) is 0 Å². The van der Waals surface area contributed by atoms with E-state index in [4.69, 9.17) is 8.86 Å². The molecule has 0 radical (unpaired) electrons. The first-order chi connectivity index (χ1) is 12.1. The summed E-state index contributed by atoms with van der Waals surface area (Å²) < 4.78 is 3.40. The summed E-state index contributed by atoms with van der Waals surface area (Å²) in [5, 5.41) is 0. The summed E-state index contributed by atoms with van der Waals surface area (Å²) in [4.78, 5) is 1.41.